The Kier molecular flexibility index (Phi) is 5.19. The molecule has 0 unspecified atom stereocenters. The van der Waals surface area contributed by atoms with Crippen molar-refractivity contribution >= 4 is 5.91 Å². The average Bonchev–Trinajstić information content (AvgIpc) is 3.26. The predicted molar refractivity (Wildman–Crippen MR) is 107 cm³/mol. The third-order valence-corrected chi connectivity index (χ3v) is 5.67. The molecule has 0 aliphatic heterocycles. The molecule has 0 spiro atoms. The van der Waals surface area contributed by atoms with Crippen molar-refractivity contribution in [3.8, 4) is 11.4 Å². The predicted octanol–water partition coefficient (Wildman–Crippen LogP) is 3.95. The van der Waals surface area contributed by atoms with Crippen LogP contribution in [0, 0.1) is 0 Å². The van der Waals surface area contributed by atoms with Crippen LogP contribution in [0.3, 0.4) is 0 Å². The molecule has 1 amide bonds. The molecule has 1 aliphatic rings. The summed E-state index contributed by atoms with van der Waals surface area (Å²) in [6.45, 7) is 1.94. The third kappa shape index (κ3) is 3.54. The van der Waals surface area contributed by atoms with Gasteiger partial charge in [-0.2, -0.15) is 5.10 Å². The molecule has 6 heteroatoms. The standard InChI is InChI=1S/C22H25N5O/c1-16(19-25-20(27-26-19)17-10-14-23-15-11-17)24-21(28)22(12-6-3-7-13-22)18-8-4-2-5-9-18/h2,4-5,8-11,14-16H,3,6-7,12-13H2,1H3,(H,24,28)(H,25,26,27)/t16-/m0/s1. The molecule has 2 N–H and O–H groups in total. The zero-order chi connectivity index (χ0) is 19.4. The Morgan fingerprint density at radius 2 is 1.79 bits per heavy atom. The number of aromatic amines is 1. The zero-order valence-electron chi connectivity index (χ0n) is 16.1. The number of carbonyl (C=O) groups excluding carboxylic acids is 1. The summed E-state index contributed by atoms with van der Waals surface area (Å²) >= 11 is 0. The first kappa shape index (κ1) is 18.3. The molecular formula is C22H25N5O. The van der Waals surface area contributed by atoms with Gasteiger partial charge in [0.1, 0.15) is 5.82 Å². The molecule has 3 aromatic rings. The average molecular weight is 375 g/mol. The highest BCUT2D eigenvalue weighted by Crippen LogP contribution is 2.40. The van der Waals surface area contributed by atoms with Gasteiger partial charge in [-0.15, -0.1) is 0 Å². The molecule has 0 saturated heterocycles. The van der Waals surface area contributed by atoms with E-state index >= 15 is 0 Å². The number of amides is 1. The maximum atomic E-state index is 13.4. The Morgan fingerprint density at radius 3 is 2.50 bits per heavy atom. The van der Waals surface area contributed by atoms with Crippen molar-refractivity contribution in [2.24, 2.45) is 0 Å². The summed E-state index contributed by atoms with van der Waals surface area (Å²) in [4.78, 5) is 22.0. The van der Waals surface area contributed by atoms with Crippen molar-refractivity contribution in [1.29, 1.82) is 0 Å². The van der Waals surface area contributed by atoms with Gasteiger partial charge in [0, 0.05) is 18.0 Å². The molecule has 6 nitrogen and oxygen atoms in total. The number of H-pyrrole nitrogens is 1. The van der Waals surface area contributed by atoms with Gasteiger partial charge in [0.2, 0.25) is 5.91 Å². The van der Waals surface area contributed by atoms with Gasteiger partial charge in [0.15, 0.2) is 5.82 Å². The van der Waals surface area contributed by atoms with Crippen molar-refractivity contribution in [2.75, 3.05) is 0 Å². The van der Waals surface area contributed by atoms with E-state index in [9.17, 15) is 4.79 Å². The Labute approximate surface area is 164 Å². The zero-order valence-corrected chi connectivity index (χ0v) is 16.1. The number of nitrogens with one attached hydrogen (secondary N) is 2. The van der Waals surface area contributed by atoms with Gasteiger partial charge >= 0.3 is 0 Å². The normalized spacial score (nSPS) is 17.0. The number of hydrogen-bond acceptors (Lipinski definition) is 4. The molecule has 2 aromatic heterocycles. The number of hydrogen-bond donors (Lipinski definition) is 2. The lowest BCUT2D eigenvalue weighted by atomic mass is 9.68. The van der Waals surface area contributed by atoms with E-state index in [4.69, 9.17) is 0 Å². The second kappa shape index (κ2) is 7.92. The summed E-state index contributed by atoms with van der Waals surface area (Å²) in [6.07, 6.45) is 8.53. The van der Waals surface area contributed by atoms with Crippen LogP contribution in [0.4, 0.5) is 0 Å². The van der Waals surface area contributed by atoms with Crippen molar-refractivity contribution in [1.82, 2.24) is 25.5 Å². The molecule has 0 radical (unpaired) electrons. The van der Waals surface area contributed by atoms with Gasteiger partial charge in [-0.1, -0.05) is 49.6 Å². The molecule has 144 valence electrons. The highest BCUT2D eigenvalue weighted by atomic mass is 16.2. The SMILES string of the molecule is C[C@H](NC(=O)C1(c2ccccc2)CCCCC1)c1nc(-c2ccncc2)n[nH]1. The number of pyridine rings is 1. The van der Waals surface area contributed by atoms with Gasteiger partial charge in [-0.25, -0.2) is 4.98 Å². The molecule has 1 saturated carbocycles. The van der Waals surface area contributed by atoms with Crippen LogP contribution in [0.25, 0.3) is 11.4 Å². The lowest BCUT2D eigenvalue weighted by Gasteiger charge is -2.37. The fourth-order valence-electron chi connectivity index (χ4n) is 4.06. The van der Waals surface area contributed by atoms with Crippen LogP contribution in [0.2, 0.25) is 0 Å². The molecule has 28 heavy (non-hydrogen) atoms. The Balaban J connectivity index is 1.54. The monoisotopic (exact) mass is 375 g/mol. The van der Waals surface area contributed by atoms with Crippen molar-refractivity contribution in [3.05, 3.63) is 66.2 Å². The summed E-state index contributed by atoms with van der Waals surface area (Å²) in [5, 5.41) is 10.4. The lowest BCUT2D eigenvalue weighted by Crippen LogP contribution is -2.46. The van der Waals surface area contributed by atoms with Crippen LogP contribution in [0.15, 0.2) is 54.9 Å². The highest BCUT2D eigenvalue weighted by molar-refractivity contribution is 5.88. The van der Waals surface area contributed by atoms with E-state index in [1.165, 1.54) is 6.42 Å². The second-order valence-electron chi connectivity index (χ2n) is 7.48. The third-order valence-electron chi connectivity index (χ3n) is 5.67. The minimum atomic E-state index is -0.457. The highest BCUT2D eigenvalue weighted by Gasteiger charge is 2.41. The maximum absolute atomic E-state index is 13.4. The fourth-order valence-corrected chi connectivity index (χ4v) is 4.06. The molecule has 4 rings (SSSR count). The summed E-state index contributed by atoms with van der Waals surface area (Å²) in [5.41, 5.74) is 1.54. The first-order chi connectivity index (χ1) is 13.7. The number of carbonyl (C=O) groups is 1. The van der Waals surface area contributed by atoms with Crippen LogP contribution >= 0.6 is 0 Å². The number of rotatable bonds is 5. The van der Waals surface area contributed by atoms with Gasteiger partial charge in [-0.05, 0) is 37.5 Å². The molecule has 0 bridgehead atoms. The first-order valence-corrected chi connectivity index (χ1v) is 9.88. The van der Waals surface area contributed by atoms with E-state index < -0.39 is 5.41 Å². The van der Waals surface area contributed by atoms with Crippen molar-refractivity contribution in [3.63, 3.8) is 0 Å². The topological polar surface area (TPSA) is 83.6 Å². The van der Waals surface area contributed by atoms with Gasteiger partial charge in [0.05, 0.1) is 11.5 Å². The Morgan fingerprint density at radius 1 is 1.07 bits per heavy atom. The van der Waals surface area contributed by atoms with Crippen LogP contribution in [-0.4, -0.2) is 26.1 Å². The quantitative estimate of drug-likeness (QED) is 0.707. The minimum absolute atomic E-state index is 0.0766. The lowest BCUT2D eigenvalue weighted by molar-refractivity contribution is -0.128. The molecule has 2 heterocycles. The van der Waals surface area contributed by atoms with E-state index in [1.54, 1.807) is 12.4 Å². The minimum Gasteiger partial charge on any atom is -0.346 e. The number of aromatic nitrogens is 4. The van der Waals surface area contributed by atoms with Gasteiger partial charge < -0.3 is 5.32 Å². The summed E-state index contributed by atoms with van der Waals surface area (Å²) in [5.74, 6) is 1.33. The molecule has 1 atom stereocenters. The molecule has 1 aromatic carbocycles. The summed E-state index contributed by atoms with van der Waals surface area (Å²) in [7, 11) is 0. The smallest absolute Gasteiger partial charge is 0.231 e. The Bertz CT molecular complexity index is 916. The largest absolute Gasteiger partial charge is 0.346 e. The molecule has 1 fully saturated rings. The van der Waals surface area contributed by atoms with E-state index in [0.29, 0.717) is 11.6 Å². The van der Waals surface area contributed by atoms with E-state index in [-0.39, 0.29) is 11.9 Å². The van der Waals surface area contributed by atoms with E-state index in [0.717, 1.165) is 36.8 Å². The molecular weight excluding hydrogens is 350 g/mol. The van der Waals surface area contributed by atoms with E-state index in [2.05, 4.69) is 37.6 Å². The van der Waals surface area contributed by atoms with Crippen LogP contribution in [0.5, 0.6) is 0 Å². The van der Waals surface area contributed by atoms with Crippen LogP contribution in [-0.2, 0) is 10.2 Å². The van der Waals surface area contributed by atoms with Crippen LogP contribution in [0.1, 0.15) is 56.5 Å². The van der Waals surface area contributed by atoms with Gasteiger partial charge in [-0.3, -0.25) is 14.9 Å². The van der Waals surface area contributed by atoms with Crippen molar-refractivity contribution in [2.45, 2.75) is 50.5 Å². The maximum Gasteiger partial charge on any atom is 0.231 e. The number of nitrogens with zero attached hydrogens (tertiary/aromatic N) is 3. The Hall–Kier alpha value is -3.02. The summed E-state index contributed by atoms with van der Waals surface area (Å²) in [6, 6.07) is 13.6. The summed E-state index contributed by atoms with van der Waals surface area (Å²) < 4.78 is 0. The van der Waals surface area contributed by atoms with Crippen molar-refractivity contribution < 1.29 is 4.79 Å². The second-order valence-corrected chi connectivity index (χ2v) is 7.48. The fraction of sp³-hybridized carbons (Fsp3) is 0.364. The number of benzene rings is 1. The first-order valence-electron chi connectivity index (χ1n) is 9.88. The van der Waals surface area contributed by atoms with Gasteiger partial charge in [0.25, 0.3) is 0 Å². The molecule has 1 aliphatic carbocycles. The van der Waals surface area contributed by atoms with E-state index in [1.807, 2.05) is 37.3 Å². The van der Waals surface area contributed by atoms with Crippen LogP contribution < -0.4 is 5.32 Å².